The predicted octanol–water partition coefficient (Wildman–Crippen LogP) is 4.66. The molecule has 0 spiro atoms. The minimum Gasteiger partial charge on any atom is -0.489 e. The van der Waals surface area contributed by atoms with Crippen molar-refractivity contribution in [1.29, 1.82) is 0 Å². The van der Waals surface area contributed by atoms with Crippen LogP contribution < -0.4 is 14.8 Å². The fraction of sp³-hybridized carbons (Fsp3) is 0.318. The number of nitrogens with one attached hydrogen (secondary N) is 1. The van der Waals surface area contributed by atoms with Crippen LogP contribution in [-0.2, 0) is 4.79 Å². The van der Waals surface area contributed by atoms with Gasteiger partial charge in [0.1, 0.15) is 29.6 Å². The fourth-order valence-corrected chi connectivity index (χ4v) is 3.79. The summed E-state index contributed by atoms with van der Waals surface area (Å²) in [7, 11) is 0. The van der Waals surface area contributed by atoms with Crippen molar-refractivity contribution < 1.29 is 23.0 Å². The van der Waals surface area contributed by atoms with Gasteiger partial charge in [0.15, 0.2) is 6.61 Å². The van der Waals surface area contributed by atoms with Crippen LogP contribution in [0.15, 0.2) is 43.0 Å². The highest BCUT2D eigenvalue weighted by Crippen LogP contribution is 2.35. The summed E-state index contributed by atoms with van der Waals surface area (Å²) < 4.78 is 39.2. The van der Waals surface area contributed by atoms with Crippen molar-refractivity contribution in [2.75, 3.05) is 31.6 Å². The zero-order valence-corrected chi connectivity index (χ0v) is 17.0. The van der Waals surface area contributed by atoms with Crippen molar-refractivity contribution >= 4 is 28.9 Å². The highest BCUT2D eigenvalue weighted by Gasteiger charge is 2.36. The monoisotopic (exact) mass is 434 g/mol. The number of halogens is 3. The molecule has 0 saturated carbocycles. The SMILES string of the molecule is C=C(c1ccc2c(c1)NC(=O)CO2)N1CCC(F)(COc2ccc(F)cc2Cl)CC1. The molecule has 2 aliphatic rings. The molecule has 1 amide bonds. The molecule has 4 rings (SSSR count). The molecule has 0 bridgehead atoms. The van der Waals surface area contributed by atoms with Crippen LogP contribution in [0.25, 0.3) is 5.70 Å². The summed E-state index contributed by atoms with van der Waals surface area (Å²) in [6.45, 7) is 4.93. The van der Waals surface area contributed by atoms with Crippen molar-refractivity contribution in [3.8, 4) is 11.5 Å². The van der Waals surface area contributed by atoms with Crippen LogP contribution >= 0.6 is 11.6 Å². The third kappa shape index (κ3) is 4.36. The van der Waals surface area contributed by atoms with Gasteiger partial charge >= 0.3 is 0 Å². The summed E-state index contributed by atoms with van der Waals surface area (Å²) in [4.78, 5) is 13.5. The van der Waals surface area contributed by atoms with Crippen molar-refractivity contribution in [3.05, 3.63) is 59.4 Å². The highest BCUT2D eigenvalue weighted by molar-refractivity contribution is 6.32. The van der Waals surface area contributed by atoms with E-state index in [1.165, 1.54) is 12.1 Å². The number of ether oxygens (including phenoxy) is 2. The molecule has 0 unspecified atom stereocenters. The Labute approximate surface area is 178 Å². The smallest absolute Gasteiger partial charge is 0.262 e. The number of carbonyl (C=O) groups excluding carboxylic acids is 1. The summed E-state index contributed by atoms with van der Waals surface area (Å²) in [5.74, 6) is 0.207. The minimum atomic E-state index is -1.51. The van der Waals surface area contributed by atoms with Crippen LogP contribution in [0.4, 0.5) is 14.5 Å². The number of alkyl halides is 1. The van der Waals surface area contributed by atoms with E-state index in [2.05, 4.69) is 11.9 Å². The predicted molar refractivity (Wildman–Crippen MR) is 111 cm³/mol. The van der Waals surface area contributed by atoms with Crippen molar-refractivity contribution in [1.82, 2.24) is 4.90 Å². The van der Waals surface area contributed by atoms with Crippen molar-refractivity contribution in [2.45, 2.75) is 18.5 Å². The van der Waals surface area contributed by atoms with E-state index in [1.807, 2.05) is 17.0 Å². The summed E-state index contributed by atoms with van der Waals surface area (Å²) in [5.41, 5.74) is 0.681. The molecule has 0 aromatic heterocycles. The molecular weight excluding hydrogens is 414 g/mol. The van der Waals surface area contributed by atoms with Gasteiger partial charge in [0.05, 0.1) is 10.7 Å². The number of hydrogen-bond donors (Lipinski definition) is 1. The lowest BCUT2D eigenvalue weighted by Gasteiger charge is -2.38. The first-order valence-electron chi connectivity index (χ1n) is 9.61. The minimum absolute atomic E-state index is 0.00318. The third-order valence-corrected chi connectivity index (χ3v) is 5.66. The van der Waals surface area contributed by atoms with Crippen LogP contribution in [0.5, 0.6) is 11.5 Å². The number of nitrogens with zero attached hydrogens (tertiary/aromatic N) is 1. The number of hydrogen-bond acceptors (Lipinski definition) is 4. The molecule has 8 heteroatoms. The molecule has 0 radical (unpaired) electrons. The Morgan fingerprint density at radius 1 is 1.27 bits per heavy atom. The number of fused-ring (bicyclic) bond motifs is 1. The van der Waals surface area contributed by atoms with Gasteiger partial charge in [-0.15, -0.1) is 0 Å². The van der Waals surface area contributed by atoms with Crippen LogP contribution in [0.1, 0.15) is 18.4 Å². The second-order valence-corrected chi connectivity index (χ2v) is 7.90. The molecule has 2 heterocycles. The molecule has 5 nitrogen and oxygen atoms in total. The van der Waals surface area contributed by atoms with Crippen LogP contribution in [0.3, 0.4) is 0 Å². The van der Waals surface area contributed by atoms with E-state index < -0.39 is 11.5 Å². The van der Waals surface area contributed by atoms with Gasteiger partial charge in [0.2, 0.25) is 0 Å². The van der Waals surface area contributed by atoms with Gasteiger partial charge in [-0.3, -0.25) is 4.79 Å². The maximum Gasteiger partial charge on any atom is 0.262 e. The molecule has 0 aliphatic carbocycles. The van der Waals surface area contributed by atoms with E-state index in [0.717, 1.165) is 17.3 Å². The topological polar surface area (TPSA) is 50.8 Å². The zero-order chi connectivity index (χ0) is 21.3. The standard InChI is InChI=1S/C22H21ClF2N2O3/c1-14(15-2-4-20-18(10-15)26-21(28)12-29-20)27-8-6-22(25,7-9-27)13-30-19-5-3-16(24)11-17(19)23/h2-5,10-11H,1,6-9,12-13H2,(H,26,28). The Balaban J connectivity index is 1.36. The second-order valence-electron chi connectivity index (χ2n) is 7.50. The first-order valence-corrected chi connectivity index (χ1v) is 9.98. The number of piperidine rings is 1. The fourth-order valence-electron chi connectivity index (χ4n) is 3.57. The van der Waals surface area contributed by atoms with Gasteiger partial charge < -0.3 is 19.7 Å². The first-order chi connectivity index (χ1) is 14.3. The largest absolute Gasteiger partial charge is 0.489 e. The normalized spacial score (nSPS) is 17.6. The lowest BCUT2D eigenvalue weighted by Crippen LogP contribution is -2.44. The Bertz CT molecular complexity index is 990. The van der Waals surface area contributed by atoms with Crippen molar-refractivity contribution in [2.24, 2.45) is 0 Å². The second kappa shape index (κ2) is 8.14. The Hall–Kier alpha value is -2.80. The average Bonchev–Trinajstić information content (AvgIpc) is 2.72. The number of amides is 1. The molecule has 2 aromatic rings. The van der Waals surface area contributed by atoms with E-state index in [9.17, 15) is 9.18 Å². The summed E-state index contributed by atoms with van der Waals surface area (Å²) in [5, 5.41) is 2.90. The Morgan fingerprint density at radius 2 is 2.03 bits per heavy atom. The molecular formula is C22H21ClF2N2O3. The lowest BCUT2D eigenvalue weighted by atomic mass is 9.93. The van der Waals surface area contributed by atoms with Crippen LogP contribution in [0.2, 0.25) is 5.02 Å². The lowest BCUT2D eigenvalue weighted by molar-refractivity contribution is -0.118. The number of likely N-dealkylation sites (tertiary alicyclic amines) is 1. The third-order valence-electron chi connectivity index (χ3n) is 5.37. The maximum absolute atomic E-state index is 15.2. The Morgan fingerprint density at radius 3 is 2.77 bits per heavy atom. The molecule has 1 fully saturated rings. The van der Waals surface area contributed by atoms with E-state index in [-0.39, 0.29) is 42.7 Å². The quantitative estimate of drug-likeness (QED) is 0.743. The van der Waals surface area contributed by atoms with E-state index in [0.29, 0.717) is 24.5 Å². The Kier molecular flexibility index (Phi) is 5.56. The maximum atomic E-state index is 15.2. The van der Waals surface area contributed by atoms with E-state index in [1.54, 1.807) is 6.07 Å². The first kappa shape index (κ1) is 20.5. The average molecular weight is 435 g/mol. The summed E-state index contributed by atoms with van der Waals surface area (Å²) >= 11 is 5.94. The van der Waals surface area contributed by atoms with Crippen LogP contribution in [0, 0.1) is 5.82 Å². The molecule has 30 heavy (non-hydrogen) atoms. The molecule has 158 valence electrons. The number of anilines is 1. The van der Waals surface area contributed by atoms with Crippen LogP contribution in [-0.4, -0.2) is 42.8 Å². The van der Waals surface area contributed by atoms with E-state index >= 15 is 4.39 Å². The number of rotatable bonds is 5. The number of benzene rings is 2. The highest BCUT2D eigenvalue weighted by atomic mass is 35.5. The summed E-state index contributed by atoms with van der Waals surface area (Å²) in [6.07, 6.45) is 0.519. The molecule has 1 saturated heterocycles. The van der Waals surface area contributed by atoms with Crippen molar-refractivity contribution in [3.63, 3.8) is 0 Å². The molecule has 1 N–H and O–H groups in total. The molecule has 2 aliphatic heterocycles. The van der Waals surface area contributed by atoms with Gasteiger partial charge in [0, 0.05) is 31.6 Å². The number of carbonyl (C=O) groups is 1. The van der Waals surface area contributed by atoms with Gasteiger partial charge in [-0.1, -0.05) is 18.2 Å². The van der Waals surface area contributed by atoms with Gasteiger partial charge in [-0.25, -0.2) is 8.78 Å². The summed E-state index contributed by atoms with van der Waals surface area (Å²) in [6, 6.07) is 9.24. The molecule has 0 atom stereocenters. The van der Waals surface area contributed by atoms with Gasteiger partial charge in [0.25, 0.3) is 5.91 Å². The zero-order valence-electron chi connectivity index (χ0n) is 16.2. The van der Waals surface area contributed by atoms with Gasteiger partial charge in [-0.2, -0.15) is 0 Å². The van der Waals surface area contributed by atoms with E-state index in [4.69, 9.17) is 21.1 Å². The molecule has 2 aromatic carbocycles. The van der Waals surface area contributed by atoms with Gasteiger partial charge in [-0.05, 0) is 42.0 Å².